The number of rotatable bonds is 4. The van der Waals surface area contributed by atoms with Crippen LogP contribution in [-0.2, 0) is 4.79 Å². The van der Waals surface area contributed by atoms with Crippen molar-refractivity contribution in [2.24, 2.45) is 0 Å². The molecule has 0 saturated heterocycles. The number of ketones is 1. The van der Waals surface area contributed by atoms with Gasteiger partial charge >= 0.3 is 0 Å². The van der Waals surface area contributed by atoms with Gasteiger partial charge in [0.15, 0.2) is 0 Å². The summed E-state index contributed by atoms with van der Waals surface area (Å²) in [7, 11) is -1.48. The Morgan fingerprint density at radius 3 is 1.87 bits per heavy atom. The Balaban J connectivity index is 5.08. The minimum atomic E-state index is -1.48. The number of hydrogen-bond donors (Lipinski definition) is 0. The van der Waals surface area contributed by atoms with E-state index in [2.05, 4.69) is 47.4 Å². The number of carbonyl (C=O) groups excluding carboxylic acids is 1. The molecular weight excluding hydrogens is 200 g/mol. The fraction of sp³-hybridized carbons (Fsp3) is 0.769. The maximum atomic E-state index is 11.3. The van der Waals surface area contributed by atoms with E-state index in [4.69, 9.17) is 0 Å². The van der Waals surface area contributed by atoms with Gasteiger partial charge in [-0.2, -0.15) is 0 Å². The normalized spacial score (nSPS) is 14.9. The van der Waals surface area contributed by atoms with Crippen LogP contribution in [-0.4, -0.2) is 13.9 Å². The predicted octanol–water partition coefficient (Wildman–Crippen LogP) is 4.42. The highest BCUT2D eigenvalue weighted by atomic mass is 28.3. The van der Waals surface area contributed by atoms with E-state index in [9.17, 15) is 4.79 Å². The van der Waals surface area contributed by atoms with Gasteiger partial charge in [0.05, 0.1) is 8.07 Å². The molecule has 0 amide bonds. The van der Waals surface area contributed by atoms with Crippen LogP contribution in [0.2, 0.25) is 23.7 Å². The van der Waals surface area contributed by atoms with Gasteiger partial charge in [-0.25, -0.2) is 0 Å². The molecule has 88 valence electrons. The summed E-state index contributed by atoms with van der Waals surface area (Å²) in [6, 6.07) is 0. The molecule has 0 heterocycles. The van der Waals surface area contributed by atoms with E-state index in [-0.39, 0.29) is 5.78 Å². The number of hydrogen-bond acceptors (Lipinski definition) is 1. The molecule has 0 aromatic carbocycles. The second kappa shape index (κ2) is 4.65. The third kappa shape index (κ3) is 3.60. The maximum Gasteiger partial charge on any atom is 0.130 e. The SMILES string of the molecule is C=C(C)[C@@H](CC(C)=O)[Si](C)(C)C(C)(C)C. The minimum absolute atomic E-state index is 0.285. The van der Waals surface area contributed by atoms with Crippen LogP contribution in [0, 0.1) is 0 Å². The van der Waals surface area contributed by atoms with Gasteiger partial charge in [-0.15, -0.1) is 6.58 Å². The standard InChI is InChI=1S/C13H26OSi/c1-10(2)12(9-11(3)14)15(7,8)13(4,5)6/h12H,1,9H2,2-8H3/t12-/m1/s1. The Bertz CT molecular complexity index is 258. The van der Waals surface area contributed by atoms with Crippen molar-refractivity contribution < 1.29 is 4.79 Å². The van der Waals surface area contributed by atoms with Gasteiger partial charge in [-0.3, -0.25) is 0 Å². The number of allylic oxidation sites excluding steroid dienone is 1. The average Bonchev–Trinajstić information content (AvgIpc) is 1.96. The molecule has 0 fully saturated rings. The van der Waals surface area contributed by atoms with Crippen LogP contribution in [0.1, 0.15) is 41.0 Å². The predicted molar refractivity (Wildman–Crippen MR) is 71.1 cm³/mol. The van der Waals surface area contributed by atoms with Crippen molar-refractivity contribution in [3.8, 4) is 0 Å². The lowest BCUT2D eigenvalue weighted by molar-refractivity contribution is -0.117. The first-order chi connectivity index (χ1) is 6.50. The minimum Gasteiger partial charge on any atom is -0.300 e. The average molecular weight is 226 g/mol. The Labute approximate surface area is 96.0 Å². The first-order valence-corrected chi connectivity index (χ1v) is 8.72. The zero-order chi connectivity index (χ0) is 12.4. The van der Waals surface area contributed by atoms with Crippen LogP contribution in [0.15, 0.2) is 12.2 Å². The molecule has 1 nitrogen and oxygen atoms in total. The number of Topliss-reactive ketones (excluding diaryl/α,β-unsaturated/α-hetero) is 1. The number of carbonyl (C=O) groups is 1. The molecular formula is C13H26OSi. The molecule has 0 saturated carbocycles. The molecule has 0 aromatic heterocycles. The Hall–Kier alpha value is -0.373. The lowest BCUT2D eigenvalue weighted by atomic mass is 10.1. The van der Waals surface area contributed by atoms with Crippen LogP contribution >= 0.6 is 0 Å². The van der Waals surface area contributed by atoms with E-state index >= 15 is 0 Å². The van der Waals surface area contributed by atoms with E-state index in [1.165, 1.54) is 5.57 Å². The summed E-state index contributed by atoms with van der Waals surface area (Å²) in [6.07, 6.45) is 0.672. The molecule has 0 aliphatic heterocycles. The van der Waals surface area contributed by atoms with Gasteiger partial charge in [-0.05, 0) is 24.4 Å². The van der Waals surface area contributed by atoms with Crippen molar-refractivity contribution in [1.82, 2.24) is 0 Å². The van der Waals surface area contributed by atoms with Gasteiger partial charge in [-0.1, -0.05) is 39.4 Å². The second-order valence-electron chi connectivity index (χ2n) is 6.28. The molecule has 0 aliphatic rings. The molecule has 0 aromatic rings. The van der Waals surface area contributed by atoms with Crippen molar-refractivity contribution in [3.05, 3.63) is 12.2 Å². The van der Waals surface area contributed by atoms with Crippen molar-refractivity contribution in [2.45, 2.75) is 64.7 Å². The van der Waals surface area contributed by atoms with E-state index in [0.717, 1.165) is 0 Å². The summed E-state index contributed by atoms with van der Waals surface area (Å²) < 4.78 is 0. The van der Waals surface area contributed by atoms with Crippen molar-refractivity contribution in [3.63, 3.8) is 0 Å². The summed E-state index contributed by atoms with van der Waals surface area (Å²) in [5.74, 6) is 0.285. The maximum absolute atomic E-state index is 11.3. The first kappa shape index (κ1) is 14.6. The van der Waals surface area contributed by atoms with E-state index < -0.39 is 8.07 Å². The lowest BCUT2D eigenvalue weighted by Crippen LogP contribution is -2.43. The monoisotopic (exact) mass is 226 g/mol. The van der Waals surface area contributed by atoms with E-state index in [1.807, 2.05) is 0 Å². The van der Waals surface area contributed by atoms with E-state index in [1.54, 1.807) is 6.92 Å². The summed E-state index contributed by atoms with van der Waals surface area (Å²) in [5, 5.41) is 0.312. The fourth-order valence-electron chi connectivity index (χ4n) is 1.86. The Morgan fingerprint density at radius 2 is 1.67 bits per heavy atom. The van der Waals surface area contributed by atoms with Crippen molar-refractivity contribution in [2.75, 3.05) is 0 Å². The zero-order valence-electron chi connectivity index (χ0n) is 11.4. The second-order valence-corrected chi connectivity index (χ2v) is 11.9. The molecule has 0 unspecified atom stereocenters. The molecule has 0 spiro atoms. The van der Waals surface area contributed by atoms with Gasteiger partial charge < -0.3 is 4.79 Å². The zero-order valence-corrected chi connectivity index (χ0v) is 12.4. The largest absolute Gasteiger partial charge is 0.300 e. The van der Waals surface area contributed by atoms with Crippen LogP contribution in [0.25, 0.3) is 0 Å². The molecule has 0 bridgehead atoms. The van der Waals surface area contributed by atoms with E-state index in [0.29, 0.717) is 17.0 Å². The van der Waals surface area contributed by atoms with Crippen LogP contribution in [0.4, 0.5) is 0 Å². The fourth-order valence-corrected chi connectivity index (χ4v) is 4.93. The van der Waals surface area contributed by atoms with Crippen molar-refractivity contribution >= 4 is 13.9 Å². The molecule has 15 heavy (non-hydrogen) atoms. The highest BCUT2D eigenvalue weighted by Crippen LogP contribution is 2.47. The highest BCUT2D eigenvalue weighted by Gasteiger charge is 2.42. The van der Waals surface area contributed by atoms with Crippen LogP contribution in [0.3, 0.4) is 0 Å². The smallest absolute Gasteiger partial charge is 0.130 e. The molecule has 1 atom stereocenters. The Kier molecular flexibility index (Phi) is 4.53. The Morgan fingerprint density at radius 1 is 1.27 bits per heavy atom. The van der Waals surface area contributed by atoms with Crippen LogP contribution < -0.4 is 0 Å². The molecule has 0 aliphatic carbocycles. The van der Waals surface area contributed by atoms with Crippen LogP contribution in [0.5, 0.6) is 0 Å². The summed E-state index contributed by atoms with van der Waals surface area (Å²) >= 11 is 0. The quantitative estimate of drug-likeness (QED) is 0.512. The molecule has 2 heteroatoms. The van der Waals surface area contributed by atoms with Gasteiger partial charge in [0, 0.05) is 6.42 Å². The van der Waals surface area contributed by atoms with Gasteiger partial charge in [0.1, 0.15) is 5.78 Å². The molecule has 0 radical (unpaired) electrons. The summed E-state index contributed by atoms with van der Waals surface area (Å²) in [6.45, 7) is 19.4. The highest BCUT2D eigenvalue weighted by molar-refractivity contribution is 6.82. The molecule has 0 N–H and O–H groups in total. The van der Waals surface area contributed by atoms with Crippen molar-refractivity contribution in [1.29, 1.82) is 0 Å². The summed E-state index contributed by atoms with van der Waals surface area (Å²) in [5.41, 5.74) is 1.59. The molecule has 0 rings (SSSR count). The van der Waals surface area contributed by atoms with Gasteiger partial charge in [0.2, 0.25) is 0 Å². The third-order valence-corrected chi connectivity index (χ3v) is 10.2. The third-order valence-electron chi connectivity index (χ3n) is 3.89. The first-order valence-electron chi connectivity index (χ1n) is 5.65. The topological polar surface area (TPSA) is 17.1 Å². The summed E-state index contributed by atoms with van der Waals surface area (Å²) in [4.78, 5) is 11.3. The lowest BCUT2D eigenvalue weighted by Gasteiger charge is -2.43. The van der Waals surface area contributed by atoms with Gasteiger partial charge in [0.25, 0.3) is 0 Å².